The predicted molar refractivity (Wildman–Crippen MR) is 95.8 cm³/mol. The van der Waals surface area contributed by atoms with E-state index in [1.54, 1.807) is 4.90 Å². The molecule has 27 heavy (non-hydrogen) atoms. The number of carbonyl (C=O) groups is 1. The van der Waals surface area contributed by atoms with Crippen molar-refractivity contribution in [3.8, 4) is 11.5 Å². The molecule has 1 saturated heterocycles. The van der Waals surface area contributed by atoms with Crippen LogP contribution in [0.15, 0.2) is 22.7 Å². The van der Waals surface area contributed by atoms with E-state index in [0.29, 0.717) is 49.4 Å². The SMILES string of the molecule is NC1(c2noc(C3CC(=O)N(c4ccc5c(c4)OCCO5)C3)n2)CCCC1. The molecule has 2 aromatic rings. The minimum absolute atomic E-state index is 0.0276. The van der Waals surface area contributed by atoms with Crippen LogP contribution in [0.25, 0.3) is 0 Å². The lowest BCUT2D eigenvalue weighted by atomic mass is 9.98. The van der Waals surface area contributed by atoms with Gasteiger partial charge >= 0.3 is 0 Å². The highest BCUT2D eigenvalue weighted by molar-refractivity contribution is 5.96. The maximum atomic E-state index is 12.6. The molecule has 1 aromatic carbocycles. The van der Waals surface area contributed by atoms with Crippen LogP contribution >= 0.6 is 0 Å². The van der Waals surface area contributed by atoms with E-state index in [1.807, 2.05) is 18.2 Å². The molecular weight excluding hydrogens is 348 g/mol. The van der Waals surface area contributed by atoms with Gasteiger partial charge in [-0.2, -0.15) is 4.98 Å². The van der Waals surface area contributed by atoms with Crippen LogP contribution in [-0.4, -0.2) is 35.8 Å². The van der Waals surface area contributed by atoms with E-state index < -0.39 is 5.54 Å². The molecular formula is C19H22N4O4. The van der Waals surface area contributed by atoms with Gasteiger partial charge in [-0.1, -0.05) is 18.0 Å². The molecule has 3 aliphatic rings. The fourth-order valence-corrected chi connectivity index (χ4v) is 4.16. The van der Waals surface area contributed by atoms with Crippen LogP contribution in [-0.2, 0) is 10.3 Å². The Balaban J connectivity index is 1.36. The number of aromatic nitrogens is 2. The number of nitrogens with zero attached hydrogens (tertiary/aromatic N) is 3. The Morgan fingerprint density at radius 3 is 2.74 bits per heavy atom. The van der Waals surface area contributed by atoms with Gasteiger partial charge in [0.15, 0.2) is 17.3 Å². The van der Waals surface area contributed by atoms with Crippen LogP contribution in [0.3, 0.4) is 0 Å². The fraction of sp³-hybridized carbons (Fsp3) is 0.526. The molecule has 1 aromatic heterocycles. The van der Waals surface area contributed by atoms with Crippen molar-refractivity contribution in [2.75, 3.05) is 24.7 Å². The first-order valence-electron chi connectivity index (χ1n) is 9.45. The number of nitrogens with two attached hydrogens (primary N) is 1. The first-order chi connectivity index (χ1) is 13.1. The summed E-state index contributed by atoms with van der Waals surface area (Å²) in [5.74, 6) is 2.34. The van der Waals surface area contributed by atoms with E-state index in [1.165, 1.54) is 0 Å². The highest BCUT2D eigenvalue weighted by Gasteiger charge is 2.39. The van der Waals surface area contributed by atoms with Crippen LogP contribution < -0.4 is 20.1 Å². The largest absolute Gasteiger partial charge is 0.486 e. The minimum Gasteiger partial charge on any atom is -0.486 e. The van der Waals surface area contributed by atoms with Crippen LogP contribution in [0, 0.1) is 0 Å². The van der Waals surface area contributed by atoms with Crippen LogP contribution in [0.5, 0.6) is 11.5 Å². The van der Waals surface area contributed by atoms with E-state index in [2.05, 4.69) is 10.1 Å². The van der Waals surface area contributed by atoms with Gasteiger partial charge in [-0.25, -0.2) is 0 Å². The Morgan fingerprint density at radius 1 is 1.15 bits per heavy atom. The Morgan fingerprint density at radius 2 is 1.93 bits per heavy atom. The summed E-state index contributed by atoms with van der Waals surface area (Å²) in [6, 6.07) is 5.56. The molecule has 1 atom stereocenters. The highest BCUT2D eigenvalue weighted by atomic mass is 16.6. The second-order valence-electron chi connectivity index (χ2n) is 7.55. The normalized spacial score (nSPS) is 23.8. The molecule has 1 amide bonds. The molecule has 5 rings (SSSR count). The van der Waals surface area contributed by atoms with E-state index in [-0.39, 0.29) is 11.8 Å². The number of benzene rings is 1. The number of anilines is 1. The van der Waals surface area contributed by atoms with Crippen molar-refractivity contribution < 1.29 is 18.8 Å². The van der Waals surface area contributed by atoms with Gasteiger partial charge in [0.2, 0.25) is 11.8 Å². The van der Waals surface area contributed by atoms with Crippen molar-refractivity contribution in [1.29, 1.82) is 0 Å². The third-order valence-corrected chi connectivity index (χ3v) is 5.69. The molecule has 2 N–H and O–H groups in total. The molecule has 0 bridgehead atoms. The summed E-state index contributed by atoms with van der Waals surface area (Å²) in [6.45, 7) is 1.55. The molecule has 2 aliphatic heterocycles. The van der Waals surface area contributed by atoms with Gasteiger partial charge in [-0.3, -0.25) is 4.79 Å². The summed E-state index contributed by atoms with van der Waals surface area (Å²) in [7, 11) is 0. The maximum Gasteiger partial charge on any atom is 0.232 e. The Hall–Kier alpha value is -2.61. The number of amides is 1. The molecule has 8 heteroatoms. The predicted octanol–water partition coefficient (Wildman–Crippen LogP) is 2.09. The molecule has 1 aliphatic carbocycles. The van der Waals surface area contributed by atoms with E-state index in [0.717, 1.165) is 31.4 Å². The molecule has 0 spiro atoms. The van der Waals surface area contributed by atoms with Crippen molar-refractivity contribution in [2.45, 2.75) is 43.6 Å². The van der Waals surface area contributed by atoms with E-state index in [9.17, 15) is 4.79 Å². The topological polar surface area (TPSA) is 104 Å². The molecule has 1 saturated carbocycles. The second kappa shape index (κ2) is 6.23. The standard InChI is InChI=1S/C19H22N4O4/c20-19(5-1-2-6-19)18-21-17(27-22-18)12-9-16(24)23(11-12)13-3-4-14-15(10-13)26-8-7-25-14/h3-4,10,12H,1-2,5-9,11,20H2. The highest BCUT2D eigenvalue weighted by Crippen LogP contribution is 2.39. The van der Waals surface area contributed by atoms with Gasteiger partial charge in [-0.05, 0) is 25.0 Å². The fourth-order valence-electron chi connectivity index (χ4n) is 4.16. The third-order valence-electron chi connectivity index (χ3n) is 5.69. The number of hydrogen-bond acceptors (Lipinski definition) is 7. The molecule has 8 nitrogen and oxygen atoms in total. The Bertz CT molecular complexity index is 874. The second-order valence-corrected chi connectivity index (χ2v) is 7.55. The zero-order chi connectivity index (χ0) is 18.4. The quantitative estimate of drug-likeness (QED) is 0.882. The summed E-state index contributed by atoms with van der Waals surface area (Å²) in [6.07, 6.45) is 4.26. The van der Waals surface area contributed by atoms with Crippen LogP contribution in [0.2, 0.25) is 0 Å². The van der Waals surface area contributed by atoms with Gasteiger partial charge in [0, 0.05) is 24.7 Å². The van der Waals surface area contributed by atoms with E-state index in [4.69, 9.17) is 19.7 Å². The van der Waals surface area contributed by atoms with Crippen molar-refractivity contribution in [2.24, 2.45) is 5.73 Å². The maximum absolute atomic E-state index is 12.6. The average Bonchev–Trinajstić information content (AvgIpc) is 3.41. The minimum atomic E-state index is -0.486. The number of hydrogen-bond donors (Lipinski definition) is 1. The summed E-state index contributed by atoms with van der Waals surface area (Å²) in [5.41, 5.74) is 6.72. The molecule has 3 heterocycles. The van der Waals surface area contributed by atoms with Gasteiger partial charge in [-0.15, -0.1) is 0 Å². The lowest BCUT2D eigenvalue weighted by Gasteiger charge is -2.22. The van der Waals surface area contributed by atoms with Crippen molar-refractivity contribution >= 4 is 11.6 Å². The number of carbonyl (C=O) groups excluding carboxylic acids is 1. The van der Waals surface area contributed by atoms with E-state index >= 15 is 0 Å². The molecule has 142 valence electrons. The summed E-state index contributed by atoms with van der Waals surface area (Å²) < 4.78 is 16.7. The Labute approximate surface area is 156 Å². The number of ether oxygens (including phenoxy) is 2. The van der Waals surface area contributed by atoms with Gasteiger partial charge in [0.05, 0.1) is 11.5 Å². The average molecular weight is 370 g/mol. The summed E-state index contributed by atoms with van der Waals surface area (Å²) in [5, 5.41) is 4.12. The number of fused-ring (bicyclic) bond motifs is 1. The van der Waals surface area contributed by atoms with Crippen molar-refractivity contribution in [3.05, 3.63) is 29.9 Å². The first-order valence-corrected chi connectivity index (χ1v) is 9.45. The smallest absolute Gasteiger partial charge is 0.232 e. The van der Waals surface area contributed by atoms with Crippen LogP contribution in [0.1, 0.15) is 49.7 Å². The van der Waals surface area contributed by atoms with Crippen molar-refractivity contribution in [3.63, 3.8) is 0 Å². The lowest BCUT2D eigenvalue weighted by molar-refractivity contribution is -0.117. The summed E-state index contributed by atoms with van der Waals surface area (Å²) in [4.78, 5) is 18.9. The summed E-state index contributed by atoms with van der Waals surface area (Å²) >= 11 is 0. The van der Waals surface area contributed by atoms with Gasteiger partial charge in [0.1, 0.15) is 13.2 Å². The van der Waals surface area contributed by atoms with Crippen LogP contribution in [0.4, 0.5) is 5.69 Å². The lowest BCUT2D eigenvalue weighted by Crippen LogP contribution is -2.34. The van der Waals surface area contributed by atoms with Gasteiger partial charge < -0.3 is 24.6 Å². The third kappa shape index (κ3) is 2.84. The molecule has 1 unspecified atom stereocenters. The molecule has 2 fully saturated rings. The molecule has 0 radical (unpaired) electrons. The van der Waals surface area contributed by atoms with Crippen molar-refractivity contribution in [1.82, 2.24) is 10.1 Å². The monoisotopic (exact) mass is 370 g/mol. The zero-order valence-corrected chi connectivity index (χ0v) is 15.0. The Kier molecular flexibility index (Phi) is 3.82. The first kappa shape index (κ1) is 16.6. The zero-order valence-electron chi connectivity index (χ0n) is 15.0. The number of rotatable bonds is 3. The van der Waals surface area contributed by atoms with Gasteiger partial charge in [0.25, 0.3) is 0 Å².